The molecule has 0 spiro atoms. The number of halogens is 2. The molecule has 134 valence electrons. The van der Waals surface area contributed by atoms with Crippen molar-refractivity contribution in [2.75, 3.05) is 35.2 Å². The second kappa shape index (κ2) is 9.01. The highest BCUT2D eigenvalue weighted by molar-refractivity contribution is 5.90. The number of carbonyl (C=O) groups is 1. The lowest BCUT2D eigenvalue weighted by atomic mass is 10.2. The van der Waals surface area contributed by atoms with Crippen LogP contribution in [0.3, 0.4) is 0 Å². The maximum absolute atomic E-state index is 13.1. The lowest BCUT2D eigenvalue weighted by molar-refractivity contribution is -0.115. The number of benzene rings is 2. The summed E-state index contributed by atoms with van der Waals surface area (Å²) in [6.45, 7) is 6.57. The first kappa shape index (κ1) is 18.7. The van der Waals surface area contributed by atoms with Gasteiger partial charge in [0.2, 0.25) is 5.91 Å². The van der Waals surface area contributed by atoms with Gasteiger partial charge in [-0.1, -0.05) is 0 Å². The first-order valence-corrected chi connectivity index (χ1v) is 8.37. The fraction of sp³-hybridized carbons (Fsp3) is 0.316. The minimum absolute atomic E-state index is 0.219. The molecule has 0 aliphatic heterocycles. The fourth-order valence-corrected chi connectivity index (χ4v) is 2.50. The topological polar surface area (TPSA) is 44.4 Å². The van der Waals surface area contributed by atoms with Crippen LogP contribution in [0.2, 0.25) is 0 Å². The van der Waals surface area contributed by atoms with Crippen molar-refractivity contribution < 1.29 is 13.6 Å². The maximum Gasteiger partial charge on any atom is 0.226 e. The predicted octanol–water partition coefficient (Wildman–Crippen LogP) is 4.25. The van der Waals surface area contributed by atoms with Gasteiger partial charge in [-0.15, -0.1) is 0 Å². The van der Waals surface area contributed by atoms with Crippen LogP contribution >= 0.6 is 0 Å². The normalized spacial score (nSPS) is 10.4. The Morgan fingerprint density at radius 1 is 0.960 bits per heavy atom. The van der Waals surface area contributed by atoms with Crippen LogP contribution in [-0.2, 0) is 4.79 Å². The maximum atomic E-state index is 13.1. The third-order valence-corrected chi connectivity index (χ3v) is 3.88. The van der Waals surface area contributed by atoms with Gasteiger partial charge in [0.1, 0.15) is 0 Å². The molecule has 6 heteroatoms. The van der Waals surface area contributed by atoms with Gasteiger partial charge in [0, 0.05) is 49.2 Å². The van der Waals surface area contributed by atoms with E-state index in [0.29, 0.717) is 6.54 Å². The first-order valence-electron chi connectivity index (χ1n) is 8.37. The molecule has 0 saturated heterocycles. The van der Waals surface area contributed by atoms with Crippen molar-refractivity contribution in [1.29, 1.82) is 0 Å². The van der Waals surface area contributed by atoms with Gasteiger partial charge in [-0.25, -0.2) is 8.78 Å². The molecule has 2 aromatic rings. The average molecular weight is 347 g/mol. The molecule has 2 N–H and O–H groups in total. The lowest BCUT2D eigenvalue weighted by Gasteiger charge is -2.21. The van der Waals surface area contributed by atoms with Crippen molar-refractivity contribution in [2.45, 2.75) is 20.3 Å². The number of rotatable bonds is 8. The van der Waals surface area contributed by atoms with E-state index in [0.717, 1.165) is 36.6 Å². The highest BCUT2D eigenvalue weighted by Crippen LogP contribution is 2.18. The molecule has 1 amide bonds. The largest absolute Gasteiger partial charge is 0.385 e. The zero-order valence-electron chi connectivity index (χ0n) is 14.5. The van der Waals surface area contributed by atoms with Gasteiger partial charge in [0.05, 0.1) is 0 Å². The Kier molecular flexibility index (Phi) is 6.74. The molecule has 0 saturated carbocycles. The standard InChI is InChI=1S/C19H23F2N3O/c1-3-24(4-2)16-8-5-14(6-9-16)22-12-11-19(25)23-15-7-10-17(20)18(21)13-15/h5-10,13,22H,3-4,11-12H2,1-2H3,(H,23,25). The van der Waals surface area contributed by atoms with E-state index in [4.69, 9.17) is 0 Å². The Balaban J connectivity index is 1.79. The molecule has 25 heavy (non-hydrogen) atoms. The van der Waals surface area contributed by atoms with Crippen molar-refractivity contribution in [3.63, 3.8) is 0 Å². The summed E-state index contributed by atoms with van der Waals surface area (Å²) in [4.78, 5) is 14.1. The summed E-state index contributed by atoms with van der Waals surface area (Å²) in [6.07, 6.45) is 0.219. The molecule has 0 aliphatic rings. The Morgan fingerprint density at radius 3 is 2.20 bits per heavy atom. The average Bonchev–Trinajstić information content (AvgIpc) is 2.60. The van der Waals surface area contributed by atoms with E-state index in [1.54, 1.807) is 0 Å². The van der Waals surface area contributed by atoms with Crippen LogP contribution in [0.5, 0.6) is 0 Å². The summed E-state index contributed by atoms with van der Waals surface area (Å²) in [7, 11) is 0. The molecule has 2 aromatic carbocycles. The molecular formula is C19H23F2N3O. The van der Waals surface area contributed by atoms with Crippen molar-refractivity contribution in [3.05, 3.63) is 54.1 Å². The van der Waals surface area contributed by atoms with Gasteiger partial charge < -0.3 is 15.5 Å². The van der Waals surface area contributed by atoms with Crippen molar-refractivity contribution in [2.24, 2.45) is 0 Å². The summed E-state index contributed by atoms with van der Waals surface area (Å²) in [6, 6.07) is 11.3. The number of carbonyl (C=O) groups excluding carboxylic acids is 1. The molecule has 0 aliphatic carbocycles. The Bertz CT molecular complexity index is 700. The summed E-state index contributed by atoms with van der Waals surface area (Å²) >= 11 is 0. The summed E-state index contributed by atoms with van der Waals surface area (Å²) < 4.78 is 26.0. The molecule has 0 fully saturated rings. The summed E-state index contributed by atoms with van der Waals surface area (Å²) in [5.41, 5.74) is 2.33. The third-order valence-electron chi connectivity index (χ3n) is 3.88. The molecule has 0 aromatic heterocycles. The van der Waals surface area contributed by atoms with E-state index in [9.17, 15) is 13.6 Å². The number of hydrogen-bond donors (Lipinski definition) is 2. The van der Waals surface area contributed by atoms with E-state index < -0.39 is 11.6 Å². The second-order valence-electron chi connectivity index (χ2n) is 5.57. The number of nitrogens with zero attached hydrogens (tertiary/aromatic N) is 1. The molecular weight excluding hydrogens is 324 g/mol. The van der Waals surface area contributed by atoms with Crippen LogP contribution < -0.4 is 15.5 Å². The highest BCUT2D eigenvalue weighted by Gasteiger charge is 2.06. The number of anilines is 3. The smallest absolute Gasteiger partial charge is 0.226 e. The van der Waals surface area contributed by atoms with E-state index in [1.807, 2.05) is 24.3 Å². The molecule has 0 heterocycles. The highest BCUT2D eigenvalue weighted by atomic mass is 19.2. The molecule has 0 bridgehead atoms. The van der Waals surface area contributed by atoms with Crippen LogP contribution in [0.1, 0.15) is 20.3 Å². The minimum atomic E-state index is -0.982. The Hall–Kier alpha value is -2.63. The zero-order chi connectivity index (χ0) is 18.2. The van der Waals surface area contributed by atoms with Crippen molar-refractivity contribution in [1.82, 2.24) is 0 Å². The summed E-state index contributed by atoms with van der Waals surface area (Å²) in [5.74, 6) is -2.18. The monoisotopic (exact) mass is 347 g/mol. The molecule has 4 nitrogen and oxygen atoms in total. The van der Waals surface area contributed by atoms with Crippen LogP contribution in [0.15, 0.2) is 42.5 Å². The van der Waals surface area contributed by atoms with E-state index in [-0.39, 0.29) is 18.0 Å². The molecule has 0 radical (unpaired) electrons. The van der Waals surface area contributed by atoms with Crippen molar-refractivity contribution >= 4 is 23.0 Å². The Labute approximate surface area is 146 Å². The quantitative estimate of drug-likeness (QED) is 0.750. The van der Waals surface area contributed by atoms with Gasteiger partial charge in [-0.2, -0.15) is 0 Å². The van der Waals surface area contributed by atoms with Gasteiger partial charge >= 0.3 is 0 Å². The van der Waals surface area contributed by atoms with E-state index in [1.165, 1.54) is 6.07 Å². The molecule has 2 rings (SSSR count). The van der Waals surface area contributed by atoms with Crippen LogP contribution in [0.4, 0.5) is 25.8 Å². The second-order valence-corrected chi connectivity index (χ2v) is 5.57. The molecule has 0 atom stereocenters. The number of nitrogens with one attached hydrogen (secondary N) is 2. The van der Waals surface area contributed by atoms with Gasteiger partial charge in [-0.3, -0.25) is 4.79 Å². The fourth-order valence-electron chi connectivity index (χ4n) is 2.50. The first-order chi connectivity index (χ1) is 12.0. The third kappa shape index (κ3) is 5.45. The Morgan fingerprint density at radius 2 is 1.60 bits per heavy atom. The number of hydrogen-bond acceptors (Lipinski definition) is 3. The van der Waals surface area contributed by atoms with E-state index >= 15 is 0 Å². The summed E-state index contributed by atoms with van der Waals surface area (Å²) in [5, 5.41) is 5.71. The van der Waals surface area contributed by atoms with Crippen LogP contribution in [-0.4, -0.2) is 25.5 Å². The SMILES string of the molecule is CCN(CC)c1ccc(NCCC(=O)Nc2ccc(F)c(F)c2)cc1. The van der Waals surface area contributed by atoms with E-state index in [2.05, 4.69) is 29.4 Å². The minimum Gasteiger partial charge on any atom is -0.385 e. The van der Waals surface area contributed by atoms with Crippen molar-refractivity contribution in [3.8, 4) is 0 Å². The predicted molar refractivity (Wildman–Crippen MR) is 98.1 cm³/mol. The lowest BCUT2D eigenvalue weighted by Crippen LogP contribution is -2.21. The van der Waals surface area contributed by atoms with Crippen LogP contribution in [0, 0.1) is 11.6 Å². The van der Waals surface area contributed by atoms with Crippen LogP contribution in [0.25, 0.3) is 0 Å². The number of amides is 1. The molecule has 0 unspecified atom stereocenters. The zero-order valence-corrected chi connectivity index (χ0v) is 14.5. The van der Waals surface area contributed by atoms with Gasteiger partial charge in [0.25, 0.3) is 0 Å². The van der Waals surface area contributed by atoms with Gasteiger partial charge in [0.15, 0.2) is 11.6 Å². The van der Waals surface area contributed by atoms with Gasteiger partial charge in [-0.05, 0) is 50.2 Å².